The predicted molar refractivity (Wildman–Crippen MR) is 59.1 cm³/mol. The minimum atomic E-state index is -0.167. The van der Waals surface area contributed by atoms with Gasteiger partial charge in [0, 0.05) is 17.2 Å². The molecule has 1 aromatic heterocycles. The molecule has 1 rings (SSSR count). The molecule has 74 valence electrons. The molecule has 0 bridgehead atoms. The summed E-state index contributed by atoms with van der Waals surface area (Å²) in [6, 6.07) is 3.56. The smallest absolute Gasteiger partial charge is 0.271 e. The Hall–Kier alpha value is -1.16. The van der Waals surface area contributed by atoms with E-state index in [1.165, 1.54) is 0 Å². The van der Waals surface area contributed by atoms with E-state index in [2.05, 4.69) is 32.8 Å². The predicted octanol–water partition coefficient (Wildman–Crippen LogP) is 2.15. The summed E-state index contributed by atoms with van der Waals surface area (Å²) < 4.78 is 0.705. The number of hydrogen-bond acceptors (Lipinski definition) is 2. The van der Waals surface area contributed by atoms with Crippen LogP contribution in [-0.2, 0) is 0 Å². The maximum Gasteiger partial charge on any atom is 0.271 e. The second kappa shape index (κ2) is 5.54. The lowest BCUT2D eigenvalue weighted by molar-refractivity contribution is 0.0948. The van der Waals surface area contributed by atoms with Gasteiger partial charge in [-0.15, -0.1) is 6.58 Å². The SMILES string of the molecule is C=CCCNC(=O)c1ncccc1Br. The van der Waals surface area contributed by atoms with Crippen LogP contribution in [0.25, 0.3) is 0 Å². The largest absolute Gasteiger partial charge is 0.350 e. The molecule has 0 saturated heterocycles. The summed E-state index contributed by atoms with van der Waals surface area (Å²) in [6.07, 6.45) is 4.11. The van der Waals surface area contributed by atoms with Crippen LogP contribution in [-0.4, -0.2) is 17.4 Å². The van der Waals surface area contributed by atoms with Gasteiger partial charge < -0.3 is 5.32 Å². The van der Waals surface area contributed by atoms with Crippen LogP contribution >= 0.6 is 15.9 Å². The Bertz CT molecular complexity index is 339. The summed E-state index contributed by atoms with van der Waals surface area (Å²) >= 11 is 3.26. The van der Waals surface area contributed by atoms with E-state index in [1.807, 2.05) is 0 Å². The van der Waals surface area contributed by atoms with E-state index in [1.54, 1.807) is 24.4 Å². The second-order valence-electron chi connectivity index (χ2n) is 2.67. The van der Waals surface area contributed by atoms with Gasteiger partial charge in [-0.25, -0.2) is 4.98 Å². The van der Waals surface area contributed by atoms with E-state index < -0.39 is 0 Å². The maximum absolute atomic E-state index is 11.5. The third-order valence-electron chi connectivity index (χ3n) is 1.61. The summed E-state index contributed by atoms with van der Waals surface area (Å²) in [6.45, 7) is 4.16. The van der Waals surface area contributed by atoms with Gasteiger partial charge in [-0.2, -0.15) is 0 Å². The van der Waals surface area contributed by atoms with E-state index >= 15 is 0 Å². The van der Waals surface area contributed by atoms with Crippen LogP contribution in [0, 0.1) is 0 Å². The van der Waals surface area contributed by atoms with E-state index in [0.717, 1.165) is 6.42 Å². The number of carbonyl (C=O) groups is 1. The monoisotopic (exact) mass is 254 g/mol. The van der Waals surface area contributed by atoms with E-state index in [-0.39, 0.29) is 5.91 Å². The van der Waals surface area contributed by atoms with Crippen LogP contribution in [0.15, 0.2) is 35.5 Å². The van der Waals surface area contributed by atoms with Crippen molar-refractivity contribution in [2.75, 3.05) is 6.54 Å². The van der Waals surface area contributed by atoms with Crippen molar-refractivity contribution < 1.29 is 4.79 Å². The first-order valence-corrected chi connectivity index (χ1v) is 5.04. The molecule has 4 heteroatoms. The Balaban J connectivity index is 2.60. The number of aromatic nitrogens is 1. The molecular formula is C10H11BrN2O. The number of carbonyl (C=O) groups excluding carboxylic acids is 1. The third-order valence-corrected chi connectivity index (χ3v) is 2.25. The Morgan fingerprint density at radius 1 is 1.71 bits per heavy atom. The fourth-order valence-electron chi connectivity index (χ4n) is 0.924. The second-order valence-corrected chi connectivity index (χ2v) is 3.52. The van der Waals surface area contributed by atoms with Crippen molar-refractivity contribution in [1.82, 2.24) is 10.3 Å². The van der Waals surface area contributed by atoms with Gasteiger partial charge >= 0.3 is 0 Å². The fourth-order valence-corrected chi connectivity index (χ4v) is 1.36. The van der Waals surface area contributed by atoms with Crippen molar-refractivity contribution in [3.63, 3.8) is 0 Å². The zero-order valence-electron chi connectivity index (χ0n) is 7.66. The summed E-state index contributed by atoms with van der Waals surface area (Å²) in [5.74, 6) is -0.167. The number of rotatable bonds is 4. The average Bonchev–Trinajstić information content (AvgIpc) is 2.18. The van der Waals surface area contributed by atoms with Crippen LogP contribution < -0.4 is 5.32 Å². The number of nitrogens with one attached hydrogen (secondary N) is 1. The van der Waals surface area contributed by atoms with Crippen LogP contribution in [0.5, 0.6) is 0 Å². The quantitative estimate of drug-likeness (QED) is 0.661. The minimum Gasteiger partial charge on any atom is -0.350 e. The highest BCUT2D eigenvalue weighted by atomic mass is 79.9. The number of nitrogens with zero attached hydrogens (tertiary/aromatic N) is 1. The van der Waals surface area contributed by atoms with Gasteiger partial charge in [-0.1, -0.05) is 6.08 Å². The van der Waals surface area contributed by atoms with Crippen molar-refractivity contribution in [3.05, 3.63) is 41.2 Å². The number of halogens is 1. The van der Waals surface area contributed by atoms with Crippen LogP contribution in [0.3, 0.4) is 0 Å². The van der Waals surface area contributed by atoms with Crippen molar-refractivity contribution in [3.8, 4) is 0 Å². The van der Waals surface area contributed by atoms with Crippen molar-refractivity contribution in [2.24, 2.45) is 0 Å². The molecule has 0 aliphatic heterocycles. The Morgan fingerprint density at radius 2 is 2.50 bits per heavy atom. The molecule has 0 atom stereocenters. The number of amides is 1. The zero-order valence-corrected chi connectivity index (χ0v) is 9.25. The molecule has 0 aliphatic rings. The molecule has 0 spiro atoms. The molecule has 1 aromatic rings. The summed E-state index contributed by atoms with van der Waals surface area (Å²) in [5.41, 5.74) is 0.413. The standard InChI is InChI=1S/C10H11BrN2O/c1-2-3-6-13-10(14)9-8(11)5-4-7-12-9/h2,4-5,7H,1,3,6H2,(H,13,14). The molecule has 0 saturated carbocycles. The highest BCUT2D eigenvalue weighted by Crippen LogP contribution is 2.12. The van der Waals surface area contributed by atoms with Crippen molar-refractivity contribution in [2.45, 2.75) is 6.42 Å². The maximum atomic E-state index is 11.5. The first-order valence-electron chi connectivity index (χ1n) is 4.25. The molecule has 14 heavy (non-hydrogen) atoms. The molecule has 0 aliphatic carbocycles. The van der Waals surface area contributed by atoms with Crippen LogP contribution in [0.1, 0.15) is 16.9 Å². The first-order chi connectivity index (χ1) is 6.75. The van der Waals surface area contributed by atoms with Gasteiger partial charge in [0.05, 0.1) is 0 Å². The molecular weight excluding hydrogens is 244 g/mol. The van der Waals surface area contributed by atoms with Crippen LogP contribution in [0.4, 0.5) is 0 Å². The Labute approximate surface area is 91.4 Å². The highest BCUT2D eigenvalue weighted by Gasteiger charge is 2.09. The lowest BCUT2D eigenvalue weighted by atomic mass is 10.3. The molecule has 0 radical (unpaired) electrons. The average molecular weight is 255 g/mol. The van der Waals surface area contributed by atoms with Gasteiger partial charge in [0.1, 0.15) is 5.69 Å². The van der Waals surface area contributed by atoms with E-state index in [0.29, 0.717) is 16.7 Å². The first kappa shape index (κ1) is 10.9. The fraction of sp³-hybridized carbons (Fsp3) is 0.200. The van der Waals surface area contributed by atoms with E-state index in [9.17, 15) is 4.79 Å². The van der Waals surface area contributed by atoms with Gasteiger partial charge in [-0.05, 0) is 34.5 Å². The summed E-state index contributed by atoms with van der Waals surface area (Å²) in [4.78, 5) is 15.5. The molecule has 1 amide bonds. The molecule has 0 fully saturated rings. The van der Waals surface area contributed by atoms with Gasteiger partial charge in [0.2, 0.25) is 0 Å². The molecule has 1 N–H and O–H groups in total. The van der Waals surface area contributed by atoms with Gasteiger partial charge in [0.15, 0.2) is 0 Å². The lowest BCUT2D eigenvalue weighted by Gasteiger charge is -2.03. The number of hydrogen-bond donors (Lipinski definition) is 1. The Morgan fingerprint density at radius 3 is 3.14 bits per heavy atom. The number of pyridine rings is 1. The van der Waals surface area contributed by atoms with Crippen molar-refractivity contribution >= 4 is 21.8 Å². The zero-order chi connectivity index (χ0) is 10.4. The third kappa shape index (κ3) is 2.96. The molecule has 1 heterocycles. The topological polar surface area (TPSA) is 42.0 Å². The summed E-state index contributed by atoms with van der Waals surface area (Å²) in [7, 11) is 0. The van der Waals surface area contributed by atoms with E-state index in [4.69, 9.17) is 0 Å². The normalized spacial score (nSPS) is 9.50. The van der Waals surface area contributed by atoms with Crippen LogP contribution in [0.2, 0.25) is 0 Å². The van der Waals surface area contributed by atoms with Crippen molar-refractivity contribution in [1.29, 1.82) is 0 Å². The lowest BCUT2D eigenvalue weighted by Crippen LogP contribution is -2.25. The minimum absolute atomic E-state index is 0.167. The Kier molecular flexibility index (Phi) is 4.32. The summed E-state index contributed by atoms with van der Waals surface area (Å²) in [5, 5.41) is 2.74. The molecule has 0 aromatic carbocycles. The molecule has 0 unspecified atom stereocenters. The van der Waals surface area contributed by atoms with Gasteiger partial charge in [0.25, 0.3) is 5.91 Å². The van der Waals surface area contributed by atoms with Gasteiger partial charge in [-0.3, -0.25) is 4.79 Å². The highest BCUT2D eigenvalue weighted by molar-refractivity contribution is 9.10. The molecule has 3 nitrogen and oxygen atoms in total.